The van der Waals surface area contributed by atoms with Crippen molar-refractivity contribution in [2.24, 2.45) is 0 Å². The smallest absolute Gasteiger partial charge is 0.240 e. The minimum Gasteiger partial charge on any atom is -0.334 e. The molecule has 1 aliphatic heterocycles. The van der Waals surface area contributed by atoms with Gasteiger partial charge in [0, 0.05) is 12.1 Å². The summed E-state index contributed by atoms with van der Waals surface area (Å²) >= 11 is 0. The first-order valence-corrected chi connectivity index (χ1v) is 6.37. The van der Waals surface area contributed by atoms with E-state index in [9.17, 15) is 9.18 Å². The molecule has 18 heavy (non-hydrogen) atoms. The molecule has 3 nitrogen and oxygen atoms in total. The predicted molar refractivity (Wildman–Crippen MR) is 68.6 cm³/mol. The van der Waals surface area contributed by atoms with Crippen molar-refractivity contribution in [1.29, 1.82) is 0 Å². The molecule has 0 bridgehead atoms. The van der Waals surface area contributed by atoms with Gasteiger partial charge in [-0.15, -0.1) is 0 Å². The molecule has 1 saturated heterocycles. The van der Waals surface area contributed by atoms with Crippen molar-refractivity contribution < 1.29 is 9.18 Å². The van der Waals surface area contributed by atoms with Crippen molar-refractivity contribution in [3.63, 3.8) is 0 Å². The van der Waals surface area contributed by atoms with E-state index in [0.717, 1.165) is 12.8 Å². The number of benzene rings is 1. The van der Waals surface area contributed by atoms with Gasteiger partial charge in [-0.2, -0.15) is 0 Å². The highest BCUT2D eigenvalue weighted by molar-refractivity contribution is 5.83. The molecule has 2 atom stereocenters. The van der Waals surface area contributed by atoms with Crippen LogP contribution in [0.4, 0.5) is 4.39 Å². The van der Waals surface area contributed by atoms with Gasteiger partial charge in [0.25, 0.3) is 0 Å². The molecule has 1 heterocycles. The Kier molecular flexibility index (Phi) is 3.97. The van der Waals surface area contributed by atoms with Crippen LogP contribution in [-0.4, -0.2) is 30.4 Å². The van der Waals surface area contributed by atoms with Gasteiger partial charge in [-0.1, -0.05) is 18.2 Å². The highest BCUT2D eigenvalue weighted by Crippen LogP contribution is 2.26. The molecule has 1 aromatic rings. The van der Waals surface area contributed by atoms with Crippen LogP contribution in [0.25, 0.3) is 0 Å². The summed E-state index contributed by atoms with van der Waals surface area (Å²) in [6, 6.07) is 6.31. The van der Waals surface area contributed by atoms with Crippen LogP contribution in [0.15, 0.2) is 24.3 Å². The third-order valence-electron chi connectivity index (χ3n) is 3.64. The number of likely N-dealkylation sites (N-methyl/N-ethyl adjacent to an activating group) is 1. The second kappa shape index (κ2) is 5.48. The van der Waals surface area contributed by atoms with Crippen LogP contribution in [0.2, 0.25) is 0 Å². The van der Waals surface area contributed by atoms with E-state index in [1.54, 1.807) is 30.1 Å². The fraction of sp³-hybridized carbons (Fsp3) is 0.500. The lowest BCUT2D eigenvalue weighted by atomic mass is 9.99. The number of rotatable bonds is 3. The van der Waals surface area contributed by atoms with Gasteiger partial charge in [0.2, 0.25) is 5.91 Å². The molecule has 1 amide bonds. The minimum absolute atomic E-state index is 0.0690. The molecule has 0 saturated carbocycles. The maximum atomic E-state index is 13.7. The van der Waals surface area contributed by atoms with E-state index in [1.165, 1.54) is 6.07 Å². The van der Waals surface area contributed by atoms with E-state index >= 15 is 0 Å². The number of hydrogen-bond acceptors (Lipinski definition) is 2. The van der Waals surface area contributed by atoms with Crippen LogP contribution in [-0.2, 0) is 4.79 Å². The largest absolute Gasteiger partial charge is 0.334 e. The molecule has 0 aliphatic carbocycles. The van der Waals surface area contributed by atoms with Gasteiger partial charge in [0.1, 0.15) is 5.82 Å². The lowest BCUT2D eigenvalue weighted by Crippen LogP contribution is -2.50. The van der Waals surface area contributed by atoms with Crippen molar-refractivity contribution in [3.8, 4) is 0 Å². The van der Waals surface area contributed by atoms with Crippen LogP contribution < -0.4 is 5.32 Å². The van der Waals surface area contributed by atoms with Crippen LogP contribution in [0.3, 0.4) is 0 Å². The number of nitrogens with one attached hydrogen (secondary N) is 1. The standard InChI is InChI=1S/C14H19FN2O/c1-10(11-6-3-4-7-12(11)15)17-9-5-8-13(16-2)14(17)18/h3-4,6-7,10,13,16H,5,8-9H2,1-2H3. The Morgan fingerprint density at radius 2 is 2.17 bits per heavy atom. The van der Waals surface area contributed by atoms with Crippen molar-refractivity contribution in [1.82, 2.24) is 10.2 Å². The van der Waals surface area contributed by atoms with E-state index < -0.39 is 0 Å². The number of nitrogens with zero attached hydrogens (tertiary/aromatic N) is 1. The maximum Gasteiger partial charge on any atom is 0.240 e. The predicted octanol–water partition coefficient (Wildman–Crippen LogP) is 2.10. The van der Waals surface area contributed by atoms with Crippen LogP contribution in [0, 0.1) is 5.82 Å². The van der Waals surface area contributed by atoms with Crippen molar-refractivity contribution in [2.45, 2.75) is 31.8 Å². The molecule has 2 rings (SSSR count). The van der Waals surface area contributed by atoms with E-state index in [-0.39, 0.29) is 23.8 Å². The van der Waals surface area contributed by atoms with Gasteiger partial charge in [-0.25, -0.2) is 4.39 Å². The molecule has 1 aromatic carbocycles. The summed E-state index contributed by atoms with van der Waals surface area (Å²) < 4.78 is 13.7. The lowest BCUT2D eigenvalue weighted by molar-refractivity contribution is -0.138. The Morgan fingerprint density at radius 3 is 2.83 bits per heavy atom. The molecule has 0 spiro atoms. The van der Waals surface area contributed by atoms with Gasteiger partial charge in [-0.3, -0.25) is 4.79 Å². The first kappa shape index (κ1) is 13.0. The Morgan fingerprint density at radius 1 is 1.44 bits per heavy atom. The van der Waals surface area contributed by atoms with Crippen molar-refractivity contribution >= 4 is 5.91 Å². The van der Waals surface area contributed by atoms with Gasteiger partial charge in [0.15, 0.2) is 0 Å². The van der Waals surface area contributed by atoms with Crippen LogP contribution in [0.5, 0.6) is 0 Å². The summed E-state index contributed by atoms with van der Waals surface area (Å²) in [4.78, 5) is 14.0. The third kappa shape index (κ3) is 2.38. The lowest BCUT2D eigenvalue weighted by Gasteiger charge is -2.36. The number of halogens is 1. The van der Waals surface area contributed by atoms with E-state index in [4.69, 9.17) is 0 Å². The van der Waals surface area contributed by atoms with E-state index in [1.807, 2.05) is 6.92 Å². The Hall–Kier alpha value is -1.42. The fourth-order valence-corrected chi connectivity index (χ4v) is 2.53. The van der Waals surface area contributed by atoms with Crippen LogP contribution >= 0.6 is 0 Å². The zero-order valence-corrected chi connectivity index (χ0v) is 10.8. The zero-order chi connectivity index (χ0) is 13.1. The van der Waals surface area contributed by atoms with Gasteiger partial charge < -0.3 is 10.2 Å². The molecule has 0 radical (unpaired) electrons. The van der Waals surface area contributed by atoms with Crippen LogP contribution in [0.1, 0.15) is 31.4 Å². The molecular weight excluding hydrogens is 231 g/mol. The summed E-state index contributed by atoms with van der Waals surface area (Å²) in [5.74, 6) is -0.177. The van der Waals surface area contributed by atoms with Crippen molar-refractivity contribution in [2.75, 3.05) is 13.6 Å². The molecule has 1 aliphatic rings. The molecule has 98 valence electrons. The maximum absolute atomic E-state index is 13.7. The molecule has 2 unspecified atom stereocenters. The van der Waals surface area contributed by atoms with Crippen molar-refractivity contribution in [3.05, 3.63) is 35.6 Å². The summed E-state index contributed by atoms with van der Waals surface area (Å²) in [7, 11) is 1.79. The Bertz CT molecular complexity index is 436. The number of carbonyl (C=O) groups is 1. The quantitative estimate of drug-likeness (QED) is 0.891. The first-order chi connectivity index (χ1) is 8.65. The summed E-state index contributed by atoms with van der Waals surface area (Å²) in [5, 5.41) is 3.02. The molecule has 4 heteroatoms. The Labute approximate surface area is 107 Å². The average Bonchev–Trinajstić information content (AvgIpc) is 2.39. The normalized spacial score (nSPS) is 22.1. The third-order valence-corrected chi connectivity index (χ3v) is 3.64. The summed E-state index contributed by atoms with van der Waals surface area (Å²) in [6.07, 6.45) is 1.81. The van der Waals surface area contributed by atoms with E-state index in [2.05, 4.69) is 5.32 Å². The first-order valence-electron chi connectivity index (χ1n) is 6.37. The Balaban J connectivity index is 2.20. The van der Waals surface area contributed by atoms with Gasteiger partial charge in [-0.05, 0) is 32.9 Å². The second-order valence-electron chi connectivity index (χ2n) is 4.71. The monoisotopic (exact) mass is 250 g/mol. The number of hydrogen-bond donors (Lipinski definition) is 1. The molecule has 0 aromatic heterocycles. The molecule has 1 fully saturated rings. The molecular formula is C14H19FN2O. The molecule has 1 N–H and O–H groups in total. The second-order valence-corrected chi connectivity index (χ2v) is 4.71. The topological polar surface area (TPSA) is 32.3 Å². The number of amides is 1. The average molecular weight is 250 g/mol. The van der Waals surface area contributed by atoms with Gasteiger partial charge >= 0.3 is 0 Å². The minimum atomic E-state index is -0.246. The highest BCUT2D eigenvalue weighted by Gasteiger charge is 2.31. The summed E-state index contributed by atoms with van der Waals surface area (Å²) in [6.45, 7) is 2.58. The zero-order valence-electron chi connectivity index (χ0n) is 10.8. The number of carbonyl (C=O) groups excluding carboxylic acids is 1. The SMILES string of the molecule is CNC1CCCN(C(C)c2ccccc2F)C1=O. The fourth-order valence-electron chi connectivity index (χ4n) is 2.53. The summed E-state index contributed by atoms with van der Waals surface area (Å²) in [5.41, 5.74) is 0.586. The van der Waals surface area contributed by atoms with Gasteiger partial charge in [0.05, 0.1) is 12.1 Å². The number of piperidine rings is 1. The number of likely N-dealkylation sites (tertiary alicyclic amines) is 1. The van der Waals surface area contributed by atoms with E-state index in [0.29, 0.717) is 12.1 Å². The highest BCUT2D eigenvalue weighted by atomic mass is 19.1.